The van der Waals surface area contributed by atoms with Gasteiger partial charge in [0.1, 0.15) is 0 Å². The molecule has 1 aliphatic rings. The largest absolute Gasteiger partial charge is 0.493 e. The predicted octanol–water partition coefficient (Wildman–Crippen LogP) is 2.86. The molecule has 0 saturated heterocycles. The maximum absolute atomic E-state index is 12.1. The van der Waals surface area contributed by atoms with Gasteiger partial charge < -0.3 is 18.9 Å². The van der Waals surface area contributed by atoms with Gasteiger partial charge in [0.15, 0.2) is 11.5 Å². The molecule has 1 unspecified atom stereocenters. The Morgan fingerprint density at radius 3 is 2.14 bits per heavy atom. The number of carbonyl (C=O) groups excluding carboxylic acids is 1. The van der Waals surface area contributed by atoms with Crippen LogP contribution in [0.25, 0.3) is 0 Å². The third-order valence-corrected chi connectivity index (χ3v) is 4.27. The third kappa shape index (κ3) is 3.77. The van der Waals surface area contributed by atoms with Gasteiger partial charge in [-0.15, -0.1) is 5.10 Å². The highest BCUT2D eigenvalue weighted by Crippen LogP contribution is 2.40. The van der Waals surface area contributed by atoms with Crippen molar-refractivity contribution in [1.82, 2.24) is 5.01 Å². The van der Waals surface area contributed by atoms with E-state index in [0.29, 0.717) is 28.4 Å². The van der Waals surface area contributed by atoms with Crippen LogP contribution in [0.3, 0.4) is 0 Å². The number of nitro benzene ring substituents is 1. The molecule has 3 rings (SSSR count). The standard InChI is InChI=1S/C19H19N3O7/c1-11(23)21-19(12-5-7-14(8-6-12)22(24)25)29-18(20-21)13-9-15(26-2)17(28-4)16(10-13)27-3/h5-10,19H,1-4H3. The van der Waals surface area contributed by atoms with Crippen LogP contribution in [0.5, 0.6) is 17.2 Å². The van der Waals surface area contributed by atoms with Crippen LogP contribution in [-0.2, 0) is 9.53 Å². The Labute approximate surface area is 166 Å². The Bertz CT molecular complexity index is 947. The van der Waals surface area contributed by atoms with Gasteiger partial charge in [-0.2, -0.15) is 5.01 Å². The van der Waals surface area contributed by atoms with Gasteiger partial charge in [0.05, 0.1) is 26.3 Å². The zero-order valence-electron chi connectivity index (χ0n) is 16.2. The first-order chi connectivity index (χ1) is 13.9. The molecule has 0 N–H and O–H groups in total. The zero-order chi connectivity index (χ0) is 21.1. The van der Waals surface area contributed by atoms with E-state index >= 15 is 0 Å². The molecule has 152 valence electrons. The number of ether oxygens (including phenoxy) is 4. The number of rotatable bonds is 6. The number of amides is 1. The van der Waals surface area contributed by atoms with E-state index in [2.05, 4.69) is 5.10 Å². The number of non-ortho nitro benzene ring substituents is 1. The number of carbonyl (C=O) groups is 1. The van der Waals surface area contributed by atoms with Crippen LogP contribution >= 0.6 is 0 Å². The highest BCUT2D eigenvalue weighted by molar-refractivity contribution is 5.97. The van der Waals surface area contributed by atoms with Gasteiger partial charge in [0.2, 0.25) is 23.8 Å². The highest BCUT2D eigenvalue weighted by Gasteiger charge is 2.34. The predicted molar refractivity (Wildman–Crippen MR) is 102 cm³/mol. The second kappa shape index (κ2) is 8.05. The van der Waals surface area contributed by atoms with Crippen LogP contribution in [0, 0.1) is 10.1 Å². The van der Waals surface area contributed by atoms with Gasteiger partial charge >= 0.3 is 0 Å². The molecule has 0 aliphatic carbocycles. The van der Waals surface area contributed by atoms with Crippen molar-refractivity contribution in [3.63, 3.8) is 0 Å². The summed E-state index contributed by atoms with van der Waals surface area (Å²) in [6.45, 7) is 1.35. The molecule has 2 aromatic rings. The van der Waals surface area contributed by atoms with Crippen molar-refractivity contribution in [3.8, 4) is 17.2 Å². The van der Waals surface area contributed by atoms with Gasteiger partial charge in [-0.05, 0) is 24.3 Å². The summed E-state index contributed by atoms with van der Waals surface area (Å²) >= 11 is 0. The fourth-order valence-electron chi connectivity index (χ4n) is 2.87. The lowest BCUT2D eigenvalue weighted by Gasteiger charge is -2.19. The molecule has 1 aliphatic heterocycles. The Balaban J connectivity index is 1.98. The van der Waals surface area contributed by atoms with Crippen molar-refractivity contribution in [2.45, 2.75) is 13.2 Å². The maximum atomic E-state index is 12.1. The number of hydrazone groups is 1. The molecule has 2 aromatic carbocycles. The van der Waals surface area contributed by atoms with Crippen molar-refractivity contribution in [3.05, 3.63) is 57.6 Å². The van der Waals surface area contributed by atoms with Gasteiger partial charge in [0, 0.05) is 30.2 Å². The number of nitrogens with zero attached hydrogens (tertiary/aromatic N) is 3. The summed E-state index contributed by atoms with van der Waals surface area (Å²) in [5.74, 6) is 1.04. The van der Waals surface area contributed by atoms with E-state index < -0.39 is 11.2 Å². The fraction of sp³-hybridized carbons (Fsp3) is 0.263. The smallest absolute Gasteiger partial charge is 0.269 e. The fourth-order valence-corrected chi connectivity index (χ4v) is 2.87. The number of nitro groups is 1. The average molecular weight is 401 g/mol. The van der Waals surface area contributed by atoms with Crippen molar-refractivity contribution in [1.29, 1.82) is 0 Å². The summed E-state index contributed by atoms with van der Waals surface area (Å²) in [5.41, 5.74) is 0.985. The number of methoxy groups -OCH3 is 3. The van der Waals surface area contributed by atoms with E-state index in [-0.39, 0.29) is 17.5 Å². The van der Waals surface area contributed by atoms with Crippen LogP contribution < -0.4 is 14.2 Å². The Morgan fingerprint density at radius 1 is 1.10 bits per heavy atom. The molecule has 0 aromatic heterocycles. The molecule has 0 fully saturated rings. The molecular weight excluding hydrogens is 382 g/mol. The van der Waals surface area contributed by atoms with Gasteiger partial charge in [0.25, 0.3) is 5.69 Å². The first-order valence-corrected chi connectivity index (χ1v) is 8.49. The molecule has 29 heavy (non-hydrogen) atoms. The molecule has 0 spiro atoms. The van der Waals surface area contributed by atoms with E-state index in [1.54, 1.807) is 12.1 Å². The van der Waals surface area contributed by atoms with Crippen molar-refractivity contribution >= 4 is 17.5 Å². The third-order valence-electron chi connectivity index (χ3n) is 4.27. The van der Waals surface area contributed by atoms with E-state index in [0.717, 1.165) is 0 Å². The topological polar surface area (TPSA) is 113 Å². The van der Waals surface area contributed by atoms with Crippen molar-refractivity contribution in [2.24, 2.45) is 5.10 Å². The van der Waals surface area contributed by atoms with Crippen molar-refractivity contribution < 1.29 is 28.7 Å². The van der Waals surface area contributed by atoms with E-state index in [9.17, 15) is 14.9 Å². The van der Waals surface area contributed by atoms with E-state index in [4.69, 9.17) is 18.9 Å². The van der Waals surface area contributed by atoms with Gasteiger partial charge in [-0.1, -0.05) is 0 Å². The summed E-state index contributed by atoms with van der Waals surface area (Å²) in [6.07, 6.45) is -0.859. The normalized spacial score (nSPS) is 15.4. The van der Waals surface area contributed by atoms with E-state index in [1.165, 1.54) is 57.5 Å². The molecule has 1 heterocycles. The number of hydrogen-bond donors (Lipinski definition) is 0. The number of hydrogen-bond acceptors (Lipinski definition) is 8. The van der Waals surface area contributed by atoms with Crippen LogP contribution in [0.2, 0.25) is 0 Å². The van der Waals surface area contributed by atoms with Crippen LogP contribution in [0.4, 0.5) is 5.69 Å². The van der Waals surface area contributed by atoms with Crippen LogP contribution in [-0.4, -0.2) is 43.1 Å². The second-order valence-electron chi connectivity index (χ2n) is 6.00. The minimum Gasteiger partial charge on any atom is -0.493 e. The SMILES string of the molecule is COc1cc(C2=NN(C(C)=O)C(c3ccc([N+](=O)[O-])cc3)O2)cc(OC)c1OC. The Morgan fingerprint density at radius 2 is 1.69 bits per heavy atom. The monoisotopic (exact) mass is 401 g/mol. The summed E-state index contributed by atoms with van der Waals surface area (Å²) in [7, 11) is 4.46. The highest BCUT2D eigenvalue weighted by atomic mass is 16.6. The molecule has 1 amide bonds. The minimum absolute atomic E-state index is 0.0631. The minimum atomic E-state index is -0.859. The molecule has 10 heteroatoms. The van der Waals surface area contributed by atoms with Gasteiger partial charge in [-0.3, -0.25) is 14.9 Å². The molecule has 0 radical (unpaired) electrons. The van der Waals surface area contributed by atoms with Crippen LogP contribution in [0.1, 0.15) is 24.3 Å². The summed E-state index contributed by atoms with van der Waals surface area (Å²) in [6, 6.07) is 9.02. The maximum Gasteiger partial charge on any atom is 0.269 e. The Kier molecular flexibility index (Phi) is 5.53. The van der Waals surface area contributed by atoms with E-state index in [1.807, 2.05) is 0 Å². The van der Waals surface area contributed by atoms with Crippen molar-refractivity contribution in [2.75, 3.05) is 21.3 Å². The second-order valence-corrected chi connectivity index (χ2v) is 6.00. The zero-order valence-corrected chi connectivity index (χ0v) is 16.2. The molecule has 0 bridgehead atoms. The first kappa shape index (κ1) is 19.9. The lowest BCUT2D eigenvalue weighted by Crippen LogP contribution is -2.25. The number of benzene rings is 2. The molecule has 10 nitrogen and oxygen atoms in total. The summed E-state index contributed by atoms with van der Waals surface area (Å²) < 4.78 is 21.9. The average Bonchev–Trinajstić information content (AvgIpc) is 3.18. The first-order valence-electron chi connectivity index (χ1n) is 8.49. The molecular formula is C19H19N3O7. The summed E-state index contributed by atoms with van der Waals surface area (Å²) in [5, 5.41) is 16.3. The van der Waals surface area contributed by atoms with Crippen LogP contribution in [0.15, 0.2) is 41.5 Å². The Hall–Kier alpha value is -3.82. The van der Waals surface area contributed by atoms with Gasteiger partial charge in [-0.25, -0.2) is 0 Å². The lowest BCUT2D eigenvalue weighted by atomic mass is 10.1. The lowest BCUT2D eigenvalue weighted by molar-refractivity contribution is -0.384. The molecule has 0 saturated carbocycles. The summed E-state index contributed by atoms with van der Waals surface area (Å²) in [4.78, 5) is 22.5. The quantitative estimate of drug-likeness (QED) is 0.540. The molecule has 1 atom stereocenters.